The van der Waals surface area contributed by atoms with Crippen molar-refractivity contribution in [3.05, 3.63) is 48.5 Å². The second-order valence-electron chi connectivity index (χ2n) is 5.15. The predicted octanol–water partition coefficient (Wildman–Crippen LogP) is 3.64. The largest absolute Gasteiger partial charge is 0.502 e. The molecule has 1 aromatic heterocycles. The maximum absolute atomic E-state index is 13.0. The topological polar surface area (TPSA) is 68.5 Å². The lowest BCUT2D eigenvalue weighted by Crippen LogP contribution is -2.23. The molecule has 132 valence electrons. The number of alkyl halides is 3. The van der Waals surface area contributed by atoms with Crippen LogP contribution in [0.15, 0.2) is 53.4 Å². The van der Waals surface area contributed by atoms with E-state index in [9.17, 15) is 26.7 Å². The third-order valence-corrected chi connectivity index (χ3v) is 5.26. The summed E-state index contributed by atoms with van der Waals surface area (Å²) >= 11 is 0. The van der Waals surface area contributed by atoms with E-state index in [1.165, 1.54) is 43.5 Å². The van der Waals surface area contributed by atoms with Crippen molar-refractivity contribution in [3.8, 4) is 17.3 Å². The molecule has 0 atom stereocenters. The highest BCUT2D eigenvalue weighted by atomic mass is 32.2. The summed E-state index contributed by atoms with van der Waals surface area (Å²) in [5.41, 5.74) is -5.11. The minimum atomic E-state index is -5.73. The zero-order chi connectivity index (χ0) is 18.4. The Balaban J connectivity index is 2.37. The highest BCUT2D eigenvalue weighted by Crippen LogP contribution is 2.43. The van der Waals surface area contributed by atoms with Crippen LogP contribution < -0.4 is 4.74 Å². The van der Waals surface area contributed by atoms with E-state index >= 15 is 0 Å². The Morgan fingerprint density at radius 2 is 1.64 bits per heavy atom. The summed E-state index contributed by atoms with van der Waals surface area (Å²) in [5, 5.41) is 10.1. The molecule has 2 aromatic carbocycles. The van der Waals surface area contributed by atoms with Gasteiger partial charge in [-0.3, -0.25) is 4.57 Å². The van der Waals surface area contributed by atoms with Crippen molar-refractivity contribution < 1.29 is 31.4 Å². The zero-order valence-corrected chi connectivity index (χ0v) is 13.6. The zero-order valence-electron chi connectivity index (χ0n) is 12.8. The molecule has 0 fully saturated rings. The number of para-hydroxylation sites is 1. The monoisotopic (exact) mass is 371 g/mol. The highest BCUT2D eigenvalue weighted by Gasteiger charge is 2.50. The quantitative estimate of drug-likeness (QED) is 0.763. The number of benzene rings is 2. The van der Waals surface area contributed by atoms with Gasteiger partial charge < -0.3 is 9.84 Å². The van der Waals surface area contributed by atoms with Gasteiger partial charge in [0.2, 0.25) is 5.88 Å². The molecular weight excluding hydrogens is 359 g/mol. The number of ether oxygens (including phenoxy) is 1. The second-order valence-corrected chi connectivity index (χ2v) is 7.03. The number of nitrogens with zero attached hydrogens (tertiary/aromatic N) is 1. The number of aromatic nitrogens is 1. The van der Waals surface area contributed by atoms with Crippen LogP contribution in [-0.4, -0.2) is 30.7 Å². The van der Waals surface area contributed by atoms with Gasteiger partial charge in [0.05, 0.1) is 12.6 Å². The maximum Gasteiger partial charge on any atom is 0.502 e. The smallest absolute Gasteiger partial charge is 0.497 e. The third kappa shape index (κ3) is 2.60. The Labute approximate surface area is 140 Å². The Kier molecular flexibility index (Phi) is 3.91. The Morgan fingerprint density at radius 1 is 1.04 bits per heavy atom. The molecule has 25 heavy (non-hydrogen) atoms. The van der Waals surface area contributed by atoms with Gasteiger partial charge in [-0.2, -0.15) is 13.2 Å². The van der Waals surface area contributed by atoms with Gasteiger partial charge in [-0.25, -0.2) is 8.42 Å². The molecule has 0 radical (unpaired) electrons. The summed E-state index contributed by atoms with van der Waals surface area (Å²) in [6.07, 6.45) is 0. The number of hydrogen-bond acceptors (Lipinski definition) is 4. The second kappa shape index (κ2) is 5.69. The van der Waals surface area contributed by atoms with E-state index in [1.807, 2.05) is 0 Å². The molecule has 0 aliphatic heterocycles. The predicted molar refractivity (Wildman–Crippen MR) is 84.7 cm³/mol. The lowest BCUT2D eigenvalue weighted by atomic mass is 10.2. The first-order valence-corrected chi connectivity index (χ1v) is 8.45. The van der Waals surface area contributed by atoms with E-state index in [2.05, 4.69) is 0 Å². The molecule has 0 saturated carbocycles. The van der Waals surface area contributed by atoms with Gasteiger partial charge in [-0.1, -0.05) is 18.2 Å². The Morgan fingerprint density at radius 3 is 2.20 bits per heavy atom. The molecule has 5 nitrogen and oxygen atoms in total. The van der Waals surface area contributed by atoms with Crippen molar-refractivity contribution >= 4 is 20.7 Å². The number of fused-ring (bicyclic) bond motifs is 1. The number of sulfone groups is 1. The molecule has 9 heteroatoms. The van der Waals surface area contributed by atoms with Crippen LogP contribution in [-0.2, 0) is 9.84 Å². The first-order valence-electron chi connectivity index (χ1n) is 6.96. The van der Waals surface area contributed by atoms with E-state index < -0.39 is 26.1 Å². The molecule has 3 rings (SSSR count). The normalized spacial score (nSPS) is 12.5. The number of methoxy groups -OCH3 is 1. The van der Waals surface area contributed by atoms with Gasteiger partial charge in [0.25, 0.3) is 9.84 Å². The number of rotatable bonds is 3. The van der Waals surface area contributed by atoms with Gasteiger partial charge in [0.1, 0.15) is 10.6 Å². The van der Waals surface area contributed by atoms with Crippen LogP contribution in [0.3, 0.4) is 0 Å². The minimum Gasteiger partial charge on any atom is -0.497 e. The van der Waals surface area contributed by atoms with Gasteiger partial charge >= 0.3 is 5.51 Å². The van der Waals surface area contributed by atoms with Crippen LogP contribution in [0.2, 0.25) is 0 Å². The molecule has 1 N–H and O–H groups in total. The fraction of sp³-hybridized carbons (Fsp3) is 0.125. The van der Waals surface area contributed by atoms with Crippen molar-refractivity contribution in [2.75, 3.05) is 7.11 Å². The Hall–Kier alpha value is -2.68. The van der Waals surface area contributed by atoms with E-state index in [0.29, 0.717) is 5.75 Å². The van der Waals surface area contributed by atoms with Crippen molar-refractivity contribution in [2.45, 2.75) is 10.4 Å². The average molecular weight is 371 g/mol. The molecule has 0 unspecified atom stereocenters. The molecular formula is C16H12F3NO4S. The number of aromatic hydroxyl groups is 1. The molecule has 0 bridgehead atoms. The van der Waals surface area contributed by atoms with Crippen molar-refractivity contribution in [2.24, 2.45) is 0 Å². The molecule has 0 saturated heterocycles. The van der Waals surface area contributed by atoms with Gasteiger partial charge in [-0.05, 0) is 30.3 Å². The van der Waals surface area contributed by atoms with E-state index in [4.69, 9.17) is 4.74 Å². The van der Waals surface area contributed by atoms with Crippen molar-refractivity contribution in [1.29, 1.82) is 0 Å². The summed E-state index contributed by atoms with van der Waals surface area (Å²) in [4.78, 5) is -1.16. The number of hydrogen-bond donors (Lipinski definition) is 1. The van der Waals surface area contributed by atoms with Crippen LogP contribution in [0.4, 0.5) is 13.2 Å². The number of halogens is 3. The van der Waals surface area contributed by atoms with Gasteiger partial charge in [0, 0.05) is 11.1 Å². The Bertz CT molecular complexity index is 1040. The maximum atomic E-state index is 13.0. The molecule has 1 heterocycles. The first-order chi connectivity index (χ1) is 11.7. The lowest BCUT2D eigenvalue weighted by molar-refractivity contribution is -0.0436. The summed E-state index contributed by atoms with van der Waals surface area (Å²) in [6, 6.07) is 11.6. The minimum absolute atomic E-state index is 0.132. The van der Waals surface area contributed by atoms with E-state index in [-0.39, 0.29) is 16.6 Å². The van der Waals surface area contributed by atoms with Crippen LogP contribution in [0, 0.1) is 0 Å². The fourth-order valence-electron chi connectivity index (χ4n) is 2.57. The molecule has 0 amide bonds. The summed E-state index contributed by atoms with van der Waals surface area (Å²) < 4.78 is 68.9. The average Bonchev–Trinajstić information content (AvgIpc) is 2.86. The van der Waals surface area contributed by atoms with Crippen LogP contribution >= 0.6 is 0 Å². The van der Waals surface area contributed by atoms with Crippen LogP contribution in [0.25, 0.3) is 16.6 Å². The van der Waals surface area contributed by atoms with Gasteiger partial charge in [0.15, 0.2) is 0 Å². The molecule has 3 aromatic rings. The fourth-order valence-corrected chi connectivity index (χ4v) is 3.60. The van der Waals surface area contributed by atoms with Crippen LogP contribution in [0.5, 0.6) is 11.6 Å². The SMILES string of the molecule is COc1ccc(-n2c(O)c(S(=O)(=O)C(F)(F)F)c3ccccc32)cc1. The molecule has 0 aliphatic rings. The van der Waals surface area contributed by atoms with Crippen molar-refractivity contribution in [3.63, 3.8) is 0 Å². The molecule has 0 spiro atoms. The first kappa shape index (κ1) is 17.2. The molecule has 0 aliphatic carbocycles. The van der Waals surface area contributed by atoms with Crippen LogP contribution in [0.1, 0.15) is 0 Å². The summed E-state index contributed by atoms with van der Waals surface area (Å²) in [7, 11) is -4.28. The van der Waals surface area contributed by atoms with E-state index in [1.54, 1.807) is 12.1 Å². The highest BCUT2D eigenvalue weighted by molar-refractivity contribution is 7.92. The van der Waals surface area contributed by atoms with Gasteiger partial charge in [-0.15, -0.1) is 0 Å². The summed E-state index contributed by atoms with van der Waals surface area (Å²) in [6.45, 7) is 0. The summed E-state index contributed by atoms with van der Waals surface area (Å²) in [5.74, 6) is -0.494. The van der Waals surface area contributed by atoms with Crippen molar-refractivity contribution in [1.82, 2.24) is 4.57 Å². The lowest BCUT2D eigenvalue weighted by Gasteiger charge is -2.09. The van der Waals surface area contributed by atoms with E-state index in [0.717, 1.165) is 4.57 Å². The standard InChI is InChI=1S/C16H12F3NO4S/c1-24-11-8-6-10(7-9-11)20-13-5-3-2-4-12(13)14(15(20)21)25(22,23)16(17,18)19/h2-9,21H,1H3. The third-order valence-electron chi connectivity index (χ3n) is 3.71.